The van der Waals surface area contributed by atoms with Crippen LogP contribution in [0.15, 0.2) is 63.3 Å². The second-order valence-corrected chi connectivity index (χ2v) is 6.82. The molecule has 1 aromatic heterocycles. The molecule has 0 radical (unpaired) electrons. The van der Waals surface area contributed by atoms with Gasteiger partial charge in [0.1, 0.15) is 11.3 Å². The Kier molecular flexibility index (Phi) is 4.04. The zero-order chi connectivity index (χ0) is 19.1. The molecule has 134 valence electrons. The molecule has 4 heteroatoms. The zero-order valence-corrected chi connectivity index (χ0v) is 15.3. The third kappa shape index (κ3) is 3.22. The first kappa shape index (κ1) is 17.0. The predicted octanol–water partition coefficient (Wildman–Crippen LogP) is 4.70. The van der Waals surface area contributed by atoms with Crippen LogP contribution < -0.4 is 5.63 Å². The van der Waals surface area contributed by atoms with Crippen molar-refractivity contribution in [2.24, 2.45) is 0 Å². The summed E-state index contributed by atoms with van der Waals surface area (Å²) in [5.41, 5.74) is 5.18. The lowest BCUT2D eigenvalue weighted by Gasteiger charge is -2.05. The number of carbonyl (C=O) groups excluding carboxylic acids is 1. The second kappa shape index (κ2) is 6.40. The molecule has 0 atom stereocenters. The normalized spacial score (nSPS) is 15.3. The zero-order valence-electron chi connectivity index (χ0n) is 15.3. The molecule has 1 aliphatic heterocycles. The van der Waals surface area contributed by atoms with Crippen LogP contribution in [0.3, 0.4) is 0 Å². The number of rotatable bonds is 2. The number of aryl methyl sites for hydroxylation is 3. The van der Waals surface area contributed by atoms with Crippen molar-refractivity contribution in [1.82, 2.24) is 0 Å². The predicted molar refractivity (Wildman–Crippen MR) is 105 cm³/mol. The van der Waals surface area contributed by atoms with Gasteiger partial charge in [0, 0.05) is 17.0 Å². The summed E-state index contributed by atoms with van der Waals surface area (Å²) in [4.78, 5) is 24.3. The van der Waals surface area contributed by atoms with Gasteiger partial charge in [0.2, 0.25) is 0 Å². The Morgan fingerprint density at radius 3 is 2.33 bits per heavy atom. The van der Waals surface area contributed by atoms with Crippen LogP contribution in [-0.2, 0) is 9.53 Å². The minimum atomic E-state index is -0.452. The Bertz CT molecular complexity index is 1190. The fraction of sp³-hybridized carbons (Fsp3) is 0.130. The van der Waals surface area contributed by atoms with E-state index in [0.29, 0.717) is 22.5 Å². The summed E-state index contributed by atoms with van der Waals surface area (Å²) in [7, 11) is 0. The van der Waals surface area contributed by atoms with Crippen LogP contribution >= 0.6 is 0 Å². The summed E-state index contributed by atoms with van der Waals surface area (Å²) in [6.45, 7) is 5.96. The van der Waals surface area contributed by atoms with Crippen molar-refractivity contribution in [1.29, 1.82) is 0 Å². The van der Waals surface area contributed by atoms with Gasteiger partial charge < -0.3 is 9.15 Å². The number of cyclic esters (lactones) is 1. The molecule has 4 rings (SSSR count). The molecule has 4 nitrogen and oxygen atoms in total. The molecule has 0 spiro atoms. The fourth-order valence-corrected chi connectivity index (χ4v) is 3.08. The van der Waals surface area contributed by atoms with E-state index in [1.165, 1.54) is 6.07 Å². The first-order valence-corrected chi connectivity index (χ1v) is 8.68. The first-order chi connectivity index (χ1) is 12.9. The van der Waals surface area contributed by atoms with E-state index in [9.17, 15) is 9.59 Å². The highest BCUT2D eigenvalue weighted by atomic mass is 16.5. The standard InChI is InChI=1S/C23H18O4/c1-13-4-6-16(7-5-13)20-11-18(23(25)27-20)10-17-12-22(24)26-21-9-15(3)14(2)8-19(17)21/h4-12H,1-3H3/b18-10+. The molecule has 0 bridgehead atoms. The van der Waals surface area contributed by atoms with Crippen molar-refractivity contribution in [3.63, 3.8) is 0 Å². The maximum absolute atomic E-state index is 12.3. The highest BCUT2D eigenvalue weighted by molar-refractivity contribution is 6.06. The molecule has 0 fully saturated rings. The van der Waals surface area contributed by atoms with Crippen molar-refractivity contribution in [3.05, 3.63) is 92.4 Å². The van der Waals surface area contributed by atoms with Gasteiger partial charge in [0.15, 0.2) is 0 Å². The molecule has 3 aromatic rings. The Morgan fingerprint density at radius 2 is 1.59 bits per heavy atom. The molecule has 0 aliphatic carbocycles. The quantitative estimate of drug-likeness (QED) is 0.378. The number of hydrogen-bond acceptors (Lipinski definition) is 4. The monoisotopic (exact) mass is 358 g/mol. The van der Waals surface area contributed by atoms with Gasteiger partial charge in [-0.05, 0) is 61.7 Å². The fourth-order valence-electron chi connectivity index (χ4n) is 3.08. The molecule has 0 N–H and O–H groups in total. The van der Waals surface area contributed by atoms with Crippen molar-refractivity contribution in [3.8, 4) is 0 Å². The van der Waals surface area contributed by atoms with Crippen LogP contribution in [0, 0.1) is 20.8 Å². The largest absolute Gasteiger partial charge is 0.423 e. The topological polar surface area (TPSA) is 56.5 Å². The Morgan fingerprint density at radius 1 is 0.889 bits per heavy atom. The lowest BCUT2D eigenvalue weighted by Crippen LogP contribution is -2.01. The molecule has 1 aliphatic rings. The summed E-state index contributed by atoms with van der Waals surface area (Å²) in [6, 6.07) is 13.0. The highest BCUT2D eigenvalue weighted by Crippen LogP contribution is 2.29. The number of ether oxygens (including phenoxy) is 1. The number of esters is 1. The van der Waals surface area contributed by atoms with Gasteiger partial charge in [0.05, 0.1) is 5.57 Å². The van der Waals surface area contributed by atoms with Crippen LogP contribution in [0.2, 0.25) is 0 Å². The van der Waals surface area contributed by atoms with Crippen molar-refractivity contribution < 1.29 is 13.9 Å². The van der Waals surface area contributed by atoms with E-state index in [1.807, 2.05) is 57.2 Å². The van der Waals surface area contributed by atoms with Gasteiger partial charge in [-0.3, -0.25) is 0 Å². The van der Waals surface area contributed by atoms with Gasteiger partial charge in [0.25, 0.3) is 0 Å². The molecule has 2 heterocycles. The van der Waals surface area contributed by atoms with E-state index in [-0.39, 0.29) is 0 Å². The molecule has 0 unspecified atom stereocenters. The average molecular weight is 358 g/mol. The van der Waals surface area contributed by atoms with E-state index < -0.39 is 11.6 Å². The maximum atomic E-state index is 12.3. The van der Waals surface area contributed by atoms with E-state index in [2.05, 4.69) is 0 Å². The molecule has 27 heavy (non-hydrogen) atoms. The highest BCUT2D eigenvalue weighted by Gasteiger charge is 2.22. The summed E-state index contributed by atoms with van der Waals surface area (Å²) in [5, 5.41) is 0.787. The lowest BCUT2D eigenvalue weighted by atomic mass is 10.0. The molecule has 0 amide bonds. The number of carbonyl (C=O) groups is 1. The number of hydrogen-bond donors (Lipinski definition) is 0. The van der Waals surface area contributed by atoms with Crippen molar-refractivity contribution in [2.75, 3.05) is 0 Å². The van der Waals surface area contributed by atoms with Gasteiger partial charge in [-0.1, -0.05) is 29.8 Å². The summed E-state index contributed by atoms with van der Waals surface area (Å²) < 4.78 is 10.7. The van der Waals surface area contributed by atoms with Crippen LogP contribution in [0.4, 0.5) is 0 Å². The van der Waals surface area contributed by atoms with E-state index in [4.69, 9.17) is 9.15 Å². The maximum Gasteiger partial charge on any atom is 0.343 e. The minimum Gasteiger partial charge on any atom is -0.423 e. The summed E-state index contributed by atoms with van der Waals surface area (Å²) >= 11 is 0. The van der Waals surface area contributed by atoms with Gasteiger partial charge >= 0.3 is 11.6 Å². The van der Waals surface area contributed by atoms with Crippen molar-refractivity contribution >= 4 is 28.8 Å². The summed E-state index contributed by atoms with van der Waals surface area (Å²) in [5.74, 6) is 0.0707. The molecule has 0 saturated heterocycles. The smallest absolute Gasteiger partial charge is 0.343 e. The van der Waals surface area contributed by atoms with Crippen LogP contribution in [-0.4, -0.2) is 5.97 Å². The van der Waals surface area contributed by atoms with Crippen LogP contribution in [0.25, 0.3) is 22.8 Å². The SMILES string of the molecule is Cc1ccc(C2=C/C(=C\c3cc(=O)oc4cc(C)c(C)cc34)C(=O)O2)cc1. The van der Waals surface area contributed by atoms with Crippen LogP contribution in [0.1, 0.15) is 27.8 Å². The van der Waals surface area contributed by atoms with Crippen molar-refractivity contribution in [2.45, 2.75) is 20.8 Å². The average Bonchev–Trinajstić information content (AvgIpc) is 2.98. The number of benzene rings is 2. The minimum absolute atomic E-state index is 0.399. The van der Waals surface area contributed by atoms with Gasteiger partial charge in [-0.2, -0.15) is 0 Å². The van der Waals surface area contributed by atoms with E-state index >= 15 is 0 Å². The summed E-state index contributed by atoms with van der Waals surface area (Å²) in [6.07, 6.45) is 3.38. The third-order valence-corrected chi connectivity index (χ3v) is 4.76. The number of fused-ring (bicyclic) bond motifs is 1. The van der Waals surface area contributed by atoms with E-state index in [0.717, 1.165) is 27.6 Å². The van der Waals surface area contributed by atoms with E-state index in [1.54, 1.807) is 12.2 Å². The van der Waals surface area contributed by atoms with Crippen LogP contribution in [0.5, 0.6) is 0 Å². The Labute approximate surface area is 156 Å². The molecular weight excluding hydrogens is 340 g/mol. The second-order valence-electron chi connectivity index (χ2n) is 6.82. The van der Waals surface area contributed by atoms with Gasteiger partial charge in [-0.25, -0.2) is 9.59 Å². The first-order valence-electron chi connectivity index (χ1n) is 8.68. The molecule has 0 saturated carbocycles. The third-order valence-electron chi connectivity index (χ3n) is 4.76. The lowest BCUT2D eigenvalue weighted by molar-refractivity contribution is -0.130. The van der Waals surface area contributed by atoms with Gasteiger partial charge in [-0.15, -0.1) is 0 Å². The Hall–Kier alpha value is -3.40. The Balaban J connectivity index is 1.83. The molecular formula is C23H18O4. The molecule has 2 aromatic carbocycles.